The molecule has 4 N–H and O–H groups in total. The molecule has 3 aromatic rings. The number of methoxy groups -OCH3 is 3. The number of benzene rings is 3. The Kier molecular flexibility index (Phi) is 9.62. The average molecular weight is 531 g/mol. The second-order valence-electron chi connectivity index (χ2n) is 8.71. The van der Waals surface area contributed by atoms with Crippen molar-refractivity contribution in [2.45, 2.75) is 25.0 Å². The number of rotatable bonds is 13. The van der Waals surface area contributed by atoms with E-state index in [1.807, 2.05) is 42.5 Å². The molecule has 0 saturated carbocycles. The van der Waals surface area contributed by atoms with Gasteiger partial charge in [-0.1, -0.05) is 24.3 Å². The van der Waals surface area contributed by atoms with Gasteiger partial charge in [0.2, 0.25) is 10.0 Å². The lowest BCUT2D eigenvalue weighted by atomic mass is 9.97. The van der Waals surface area contributed by atoms with Crippen LogP contribution in [0.3, 0.4) is 0 Å². The van der Waals surface area contributed by atoms with Crippen molar-refractivity contribution in [1.29, 1.82) is 0 Å². The molecule has 37 heavy (non-hydrogen) atoms. The van der Waals surface area contributed by atoms with Gasteiger partial charge in [-0.05, 0) is 65.9 Å². The molecular formula is C27H34N2O7S. The summed E-state index contributed by atoms with van der Waals surface area (Å²) in [6, 6.07) is 17.9. The third kappa shape index (κ3) is 8.28. The van der Waals surface area contributed by atoms with Gasteiger partial charge < -0.3 is 29.7 Å². The van der Waals surface area contributed by atoms with E-state index >= 15 is 0 Å². The molecule has 3 rings (SSSR count). The molecule has 0 radical (unpaired) electrons. The summed E-state index contributed by atoms with van der Waals surface area (Å²) in [7, 11) is 1.24. The summed E-state index contributed by atoms with van der Waals surface area (Å²) in [5, 5.41) is 24.2. The van der Waals surface area contributed by atoms with Gasteiger partial charge in [0.1, 0.15) is 11.5 Å². The summed E-state index contributed by atoms with van der Waals surface area (Å²) >= 11 is 0. The van der Waals surface area contributed by atoms with Crippen LogP contribution in [0.15, 0.2) is 60.7 Å². The summed E-state index contributed by atoms with van der Waals surface area (Å²) in [6.07, 6.45) is 1.14. The van der Waals surface area contributed by atoms with Crippen LogP contribution in [0.5, 0.6) is 23.0 Å². The molecule has 0 fully saturated rings. The predicted octanol–water partition coefficient (Wildman–Crippen LogP) is 3.27. The number of phenols is 1. The minimum absolute atomic E-state index is 0.0721. The maximum Gasteiger partial charge on any atom is 0.229 e. The maximum atomic E-state index is 11.6. The fourth-order valence-electron chi connectivity index (χ4n) is 3.99. The predicted molar refractivity (Wildman–Crippen MR) is 143 cm³/mol. The van der Waals surface area contributed by atoms with E-state index in [1.165, 1.54) is 12.1 Å². The van der Waals surface area contributed by atoms with Crippen LogP contribution in [0.1, 0.15) is 22.7 Å². The molecule has 10 heteroatoms. The first-order valence-corrected chi connectivity index (χ1v) is 13.6. The number of sulfonamides is 1. The van der Waals surface area contributed by atoms with Gasteiger partial charge in [0.15, 0.2) is 11.5 Å². The van der Waals surface area contributed by atoms with Crippen molar-refractivity contribution in [3.8, 4) is 23.0 Å². The molecule has 0 aliphatic rings. The van der Waals surface area contributed by atoms with Gasteiger partial charge >= 0.3 is 0 Å². The summed E-state index contributed by atoms with van der Waals surface area (Å²) < 4.78 is 41.5. The van der Waals surface area contributed by atoms with Crippen molar-refractivity contribution in [1.82, 2.24) is 5.32 Å². The number of phenolic OH excluding ortho intramolecular Hbond substituents is 1. The van der Waals surface area contributed by atoms with Gasteiger partial charge in [-0.25, -0.2) is 8.42 Å². The van der Waals surface area contributed by atoms with Crippen LogP contribution in [-0.2, 0) is 22.9 Å². The van der Waals surface area contributed by atoms with Crippen LogP contribution in [0.25, 0.3) is 0 Å². The Morgan fingerprint density at radius 3 is 2.14 bits per heavy atom. The van der Waals surface area contributed by atoms with E-state index in [9.17, 15) is 18.6 Å². The Morgan fingerprint density at radius 1 is 0.838 bits per heavy atom. The van der Waals surface area contributed by atoms with Gasteiger partial charge in [0.25, 0.3) is 0 Å². The monoisotopic (exact) mass is 530 g/mol. The second kappa shape index (κ2) is 12.7. The molecule has 9 nitrogen and oxygen atoms in total. The van der Waals surface area contributed by atoms with E-state index in [-0.39, 0.29) is 30.4 Å². The Bertz CT molecular complexity index is 1280. The number of hydrogen-bond acceptors (Lipinski definition) is 8. The molecule has 0 spiro atoms. The molecule has 0 bridgehead atoms. The molecule has 0 aliphatic heterocycles. The Hall–Kier alpha value is -3.47. The van der Waals surface area contributed by atoms with Crippen molar-refractivity contribution in [3.05, 3.63) is 77.4 Å². The van der Waals surface area contributed by atoms with Crippen molar-refractivity contribution in [2.24, 2.45) is 0 Å². The molecule has 2 atom stereocenters. The van der Waals surface area contributed by atoms with E-state index < -0.39 is 16.1 Å². The highest BCUT2D eigenvalue weighted by Gasteiger charge is 2.18. The highest BCUT2D eigenvalue weighted by Crippen LogP contribution is 2.31. The Morgan fingerprint density at radius 2 is 1.51 bits per heavy atom. The summed E-state index contributed by atoms with van der Waals surface area (Å²) in [5.41, 5.74) is 2.79. The summed E-state index contributed by atoms with van der Waals surface area (Å²) in [6.45, 7) is 0.269. The highest BCUT2D eigenvalue weighted by molar-refractivity contribution is 7.92. The maximum absolute atomic E-state index is 11.6. The van der Waals surface area contributed by atoms with Gasteiger partial charge in [-0.2, -0.15) is 0 Å². The molecular weight excluding hydrogens is 496 g/mol. The fourth-order valence-corrected chi connectivity index (χ4v) is 4.55. The molecule has 0 aliphatic carbocycles. The lowest BCUT2D eigenvalue weighted by Crippen LogP contribution is -2.32. The quantitative estimate of drug-likeness (QED) is 0.248. The number of anilines is 1. The SMILES string of the molecule is COc1ccc(CC(NCC(O)Cc2ccc(O)c(NS(C)(=O)=O)c2)c2ccc(OC)c(OC)c2)cc1. The van der Waals surface area contributed by atoms with E-state index in [1.54, 1.807) is 27.4 Å². The zero-order valence-corrected chi connectivity index (χ0v) is 22.2. The number of hydrogen-bond donors (Lipinski definition) is 4. The van der Waals surface area contributed by atoms with Gasteiger partial charge in [0.05, 0.1) is 39.4 Å². The van der Waals surface area contributed by atoms with Crippen molar-refractivity contribution in [2.75, 3.05) is 38.9 Å². The number of ether oxygens (including phenoxy) is 3. The van der Waals surface area contributed by atoms with E-state index in [0.29, 0.717) is 23.5 Å². The van der Waals surface area contributed by atoms with Gasteiger partial charge in [-0.3, -0.25) is 4.72 Å². The first-order chi connectivity index (χ1) is 17.6. The number of aliphatic hydroxyl groups excluding tert-OH is 1. The van der Waals surface area contributed by atoms with Gasteiger partial charge in [0, 0.05) is 12.6 Å². The van der Waals surface area contributed by atoms with Crippen molar-refractivity contribution in [3.63, 3.8) is 0 Å². The van der Waals surface area contributed by atoms with Crippen LogP contribution in [0.4, 0.5) is 5.69 Å². The van der Waals surface area contributed by atoms with Crippen LogP contribution < -0.4 is 24.2 Å². The molecule has 2 unspecified atom stereocenters. The average Bonchev–Trinajstić information content (AvgIpc) is 2.87. The van der Waals surface area contributed by atoms with E-state index in [4.69, 9.17) is 14.2 Å². The molecule has 3 aromatic carbocycles. The minimum Gasteiger partial charge on any atom is -0.506 e. The zero-order chi connectivity index (χ0) is 27.0. The Balaban J connectivity index is 1.76. The highest BCUT2D eigenvalue weighted by atomic mass is 32.2. The number of aliphatic hydroxyl groups is 1. The standard InChI is InChI=1S/C27H34N2O7S/c1-34-22-9-5-18(6-10-22)14-23(20-8-12-26(35-2)27(16-20)36-3)28-17-21(30)13-19-7-11-25(31)24(15-19)29-37(4,32)33/h5-12,15-16,21,23,28-31H,13-14,17H2,1-4H3. The van der Waals surface area contributed by atoms with Crippen LogP contribution in [0, 0.1) is 0 Å². The molecule has 0 saturated heterocycles. The lowest BCUT2D eigenvalue weighted by Gasteiger charge is -2.23. The second-order valence-corrected chi connectivity index (χ2v) is 10.5. The van der Waals surface area contributed by atoms with Gasteiger partial charge in [-0.15, -0.1) is 0 Å². The number of aromatic hydroxyl groups is 1. The third-order valence-corrected chi connectivity index (χ3v) is 6.43. The van der Waals surface area contributed by atoms with Crippen molar-refractivity contribution < 1.29 is 32.8 Å². The molecule has 0 aromatic heterocycles. The van der Waals surface area contributed by atoms with Crippen LogP contribution >= 0.6 is 0 Å². The first-order valence-electron chi connectivity index (χ1n) is 11.7. The van der Waals surface area contributed by atoms with E-state index in [0.717, 1.165) is 23.1 Å². The molecule has 0 heterocycles. The van der Waals surface area contributed by atoms with Crippen LogP contribution in [0.2, 0.25) is 0 Å². The summed E-state index contributed by atoms with van der Waals surface area (Å²) in [5.74, 6) is 1.82. The fraction of sp³-hybridized carbons (Fsp3) is 0.333. The smallest absolute Gasteiger partial charge is 0.229 e. The number of nitrogens with one attached hydrogen (secondary N) is 2. The molecule has 0 amide bonds. The normalized spacial score (nSPS) is 13.0. The Labute approximate surface area is 218 Å². The van der Waals surface area contributed by atoms with E-state index in [2.05, 4.69) is 10.0 Å². The van der Waals surface area contributed by atoms with Crippen molar-refractivity contribution >= 4 is 15.7 Å². The first kappa shape index (κ1) is 28.1. The summed E-state index contributed by atoms with van der Waals surface area (Å²) in [4.78, 5) is 0. The van der Waals surface area contributed by atoms with Crippen LogP contribution in [-0.4, -0.2) is 58.9 Å². The largest absolute Gasteiger partial charge is 0.506 e. The minimum atomic E-state index is -3.55. The lowest BCUT2D eigenvalue weighted by molar-refractivity contribution is 0.167. The topological polar surface area (TPSA) is 126 Å². The third-order valence-electron chi connectivity index (χ3n) is 5.84. The zero-order valence-electron chi connectivity index (χ0n) is 21.4. The molecule has 200 valence electrons.